The summed E-state index contributed by atoms with van der Waals surface area (Å²) in [6.45, 7) is 5.85. The summed E-state index contributed by atoms with van der Waals surface area (Å²) in [5, 5.41) is 3.02. The zero-order chi connectivity index (χ0) is 19.3. The monoisotopic (exact) mass is 394 g/mol. The standard InChI is InChI=1S/C19H23ClN2O3S/c1-4-14(3)21-19(23)17-13-16(11-12-18(17)20)26(24,25)22(5-2)15-9-7-6-8-10-15/h6-14H,4-5H2,1-3H3,(H,21,23). The van der Waals surface area contributed by atoms with Crippen LogP contribution in [0.2, 0.25) is 5.02 Å². The van der Waals surface area contributed by atoms with Crippen LogP contribution in [-0.4, -0.2) is 26.9 Å². The molecule has 0 saturated heterocycles. The van der Waals surface area contributed by atoms with Crippen molar-refractivity contribution in [1.29, 1.82) is 0 Å². The summed E-state index contributed by atoms with van der Waals surface area (Å²) in [4.78, 5) is 12.4. The molecule has 0 fully saturated rings. The van der Waals surface area contributed by atoms with Gasteiger partial charge in [-0.3, -0.25) is 9.10 Å². The van der Waals surface area contributed by atoms with Crippen molar-refractivity contribution in [3.63, 3.8) is 0 Å². The molecular formula is C19H23ClN2O3S. The predicted octanol–water partition coefficient (Wildman–Crippen LogP) is 4.08. The van der Waals surface area contributed by atoms with Crippen LogP contribution in [0.25, 0.3) is 0 Å². The lowest BCUT2D eigenvalue weighted by Crippen LogP contribution is -2.33. The Hall–Kier alpha value is -2.05. The van der Waals surface area contributed by atoms with Crippen LogP contribution in [0, 0.1) is 0 Å². The second-order valence-electron chi connectivity index (χ2n) is 5.93. The average molecular weight is 395 g/mol. The molecule has 0 aliphatic rings. The highest BCUT2D eigenvalue weighted by Crippen LogP contribution is 2.26. The Labute approximate surface area is 160 Å². The largest absolute Gasteiger partial charge is 0.350 e. The fraction of sp³-hybridized carbons (Fsp3) is 0.316. The van der Waals surface area contributed by atoms with Gasteiger partial charge in [-0.25, -0.2) is 8.42 Å². The third-order valence-corrected chi connectivity index (χ3v) is 6.32. The van der Waals surface area contributed by atoms with Gasteiger partial charge in [-0.1, -0.05) is 36.7 Å². The molecule has 1 amide bonds. The van der Waals surface area contributed by atoms with E-state index in [0.717, 1.165) is 6.42 Å². The van der Waals surface area contributed by atoms with Gasteiger partial charge in [0, 0.05) is 12.6 Å². The number of para-hydroxylation sites is 1. The van der Waals surface area contributed by atoms with Gasteiger partial charge < -0.3 is 5.32 Å². The van der Waals surface area contributed by atoms with Crippen LogP contribution in [0.3, 0.4) is 0 Å². The summed E-state index contributed by atoms with van der Waals surface area (Å²) in [6, 6.07) is 13.0. The number of nitrogens with one attached hydrogen (secondary N) is 1. The van der Waals surface area contributed by atoms with Crippen molar-refractivity contribution in [3.05, 3.63) is 59.1 Å². The third kappa shape index (κ3) is 4.37. The number of halogens is 1. The number of rotatable bonds is 7. The smallest absolute Gasteiger partial charge is 0.264 e. The number of anilines is 1. The van der Waals surface area contributed by atoms with E-state index >= 15 is 0 Å². The Morgan fingerprint density at radius 2 is 1.81 bits per heavy atom. The number of nitrogens with zero attached hydrogens (tertiary/aromatic N) is 1. The molecule has 0 aromatic heterocycles. The Kier molecular flexibility index (Phi) is 6.67. The van der Waals surface area contributed by atoms with E-state index in [9.17, 15) is 13.2 Å². The van der Waals surface area contributed by atoms with Crippen LogP contribution in [0.1, 0.15) is 37.6 Å². The molecule has 1 atom stereocenters. The fourth-order valence-corrected chi connectivity index (χ4v) is 4.16. The van der Waals surface area contributed by atoms with Crippen molar-refractivity contribution in [1.82, 2.24) is 5.32 Å². The molecule has 1 N–H and O–H groups in total. The van der Waals surface area contributed by atoms with Gasteiger partial charge >= 0.3 is 0 Å². The molecule has 140 valence electrons. The summed E-state index contributed by atoms with van der Waals surface area (Å²) in [7, 11) is -3.82. The van der Waals surface area contributed by atoms with E-state index in [-0.39, 0.29) is 34.0 Å². The van der Waals surface area contributed by atoms with Crippen LogP contribution in [0.4, 0.5) is 5.69 Å². The molecule has 0 aliphatic carbocycles. The van der Waals surface area contributed by atoms with Crippen molar-refractivity contribution in [2.75, 3.05) is 10.8 Å². The van der Waals surface area contributed by atoms with Crippen molar-refractivity contribution >= 4 is 33.2 Å². The maximum absolute atomic E-state index is 13.1. The Morgan fingerprint density at radius 3 is 2.38 bits per heavy atom. The number of benzene rings is 2. The number of carbonyl (C=O) groups excluding carboxylic acids is 1. The second kappa shape index (κ2) is 8.56. The minimum atomic E-state index is -3.82. The Morgan fingerprint density at radius 1 is 1.15 bits per heavy atom. The summed E-state index contributed by atoms with van der Waals surface area (Å²) < 4.78 is 27.5. The predicted molar refractivity (Wildman–Crippen MR) is 105 cm³/mol. The highest BCUT2D eigenvalue weighted by atomic mass is 35.5. The van der Waals surface area contributed by atoms with Gasteiger partial charge in [0.25, 0.3) is 15.9 Å². The van der Waals surface area contributed by atoms with Crippen molar-refractivity contribution < 1.29 is 13.2 Å². The zero-order valence-corrected chi connectivity index (χ0v) is 16.6. The second-order valence-corrected chi connectivity index (χ2v) is 8.20. The van der Waals surface area contributed by atoms with Crippen molar-refractivity contribution in [2.24, 2.45) is 0 Å². The van der Waals surface area contributed by atoms with Crippen LogP contribution < -0.4 is 9.62 Å². The lowest BCUT2D eigenvalue weighted by Gasteiger charge is -2.23. The number of sulfonamides is 1. The molecule has 0 saturated carbocycles. The van der Waals surface area contributed by atoms with Gasteiger partial charge in [-0.05, 0) is 50.6 Å². The molecule has 0 heterocycles. The number of carbonyl (C=O) groups is 1. The SMILES string of the molecule is CCC(C)NC(=O)c1cc(S(=O)(=O)N(CC)c2ccccc2)ccc1Cl. The number of hydrogen-bond donors (Lipinski definition) is 1. The van der Waals surface area contributed by atoms with Crippen LogP contribution >= 0.6 is 11.6 Å². The molecule has 0 aliphatic heterocycles. The van der Waals surface area contributed by atoms with E-state index in [1.807, 2.05) is 19.9 Å². The first-order valence-electron chi connectivity index (χ1n) is 8.49. The van der Waals surface area contributed by atoms with Gasteiger partial charge in [0.1, 0.15) is 0 Å². The summed E-state index contributed by atoms with van der Waals surface area (Å²) in [6.07, 6.45) is 0.763. The first-order chi connectivity index (χ1) is 12.3. The lowest BCUT2D eigenvalue weighted by molar-refractivity contribution is 0.0939. The van der Waals surface area contributed by atoms with E-state index < -0.39 is 10.0 Å². The van der Waals surface area contributed by atoms with Crippen LogP contribution in [-0.2, 0) is 10.0 Å². The van der Waals surface area contributed by atoms with E-state index in [0.29, 0.717) is 5.69 Å². The molecule has 2 aromatic carbocycles. The number of hydrogen-bond acceptors (Lipinski definition) is 3. The quantitative estimate of drug-likeness (QED) is 0.769. The topological polar surface area (TPSA) is 66.5 Å². The van der Waals surface area contributed by atoms with E-state index in [4.69, 9.17) is 11.6 Å². The van der Waals surface area contributed by atoms with Crippen molar-refractivity contribution in [3.8, 4) is 0 Å². The third-order valence-electron chi connectivity index (χ3n) is 4.09. The molecule has 5 nitrogen and oxygen atoms in total. The molecule has 26 heavy (non-hydrogen) atoms. The molecule has 0 spiro atoms. The normalized spacial score (nSPS) is 12.5. The molecule has 7 heteroatoms. The molecule has 0 bridgehead atoms. The first-order valence-corrected chi connectivity index (χ1v) is 10.3. The molecule has 2 rings (SSSR count). The molecule has 2 aromatic rings. The molecule has 1 unspecified atom stereocenters. The highest BCUT2D eigenvalue weighted by Gasteiger charge is 2.25. The fourth-order valence-electron chi connectivity index (χ4n) is 2.46. The first kappa shape index (κ1) is 20.3. The summed E-state index contributed by atoms with van der Waals surface area (Å²) in [5.41, 5.74) is 0.715. The van der Waals surface area contributed by atoms with E-state index in [1.165, 1.54) is 22.5 Å². The van der Waals surface area contributed by atoms with Crippen molar-refractivity contribution in [2.45, 2.75) is 38.1 Å². The van der Waals surface area contributed by atoms with Gasteiger partial charge in [-0.15, -0.1) is 0 Å². The minimum Gasteiger partial charge on any atom is -0.350 e. The Balaban J connectivity index is 2.44. The summed E-state index contributed by atoms with van der Waals surface area (Å²) >= 11 is 6.13. The highest BCUT2D eigenvalue weighted by molar-refractivity contribution is 7.92. The van der Waals surface area contributed by atoms with E-state index in [2.05, 4.69) is 5.32 Å². The van der Waals surface area contributed by atoms with Gasteiger partial charge in [-0.2, -0.15) is 0 Å². The van der Waals surface area contributed by atoms with Gasteiger partial charge in [0.05, 0.1) is 21.2 Å². The van der Waals surface area contributed by atoms with Crippen LogP contribution in [0.15, 0.2) is 53.4 Å². The molecule has 0 radical (unpaired) electrons. The number of amides is 1. The maximum atomic E-state index is 13.1. The zero-order valence-electron chi connectivity index (χ0n) is 15.1. The summed E-state index contributed by atoms with van der Waals surface area (Å²) in [5.74, 6) is -0.385. The Bertz CT molecular complexity index is 870. The van der Waals surface area contributed by atoms with Gasteiger partial charge in [0.15, 0.2) is 0 Å². The average Bonchev–Trinajstić information content (AvgIpc) is 2.62. The van der Waals surface area contributed by atoms with E-state index in [1.54, 1.807) is 31.2 Å². The minimum absolute atomic E-state index is 0.0295. The maximum Gasteiger partial charge on any atom is 0.264 e. The van der Waals surface area contributed by atoms with Crippen LogP contribution in [0.5, 0.6) is 0 Å². The lowest BCUT2D eigenvalue weighted by atomic mass is 10.2. The molecular weight excluding hydrogens is 372 g/mol. The van der Waals surface area contributed by atoms with Gasteiger partial charge in [0.2, 0.25) is 0 Å².